The number of nitrogens with zero attached hydrogens (tertiary/aromatic N) is 2. The summed E-state index contributed by atoms with van der Waals surface area (Å²) in [6.07, 6.45) is 17.0. The van der Waals surface area contributed by atoms with E-state index in [2.05, 4.69) is 105 Å². The third kappa shape index (κ3) is 5.94. The van der Waals surface area contributed by atoms with E-state index in [0.717, 1.165) is 38.9 Å². The van der Waals surface area contributed by atoms with Crippen LogP contribution in [0, 0.1) is 0 Å². The first-order chi connectivity index (χ1) is 13.8. The first kappa shape index (κ1) is 23.2. The molecule has 0 spiro atoms. The fraction of sp³-hybridized carbons (Fsp3) is 0.600. The minimum atomic E-state index is 0.0651. The lowest BCUT2D eigenvalue weighted by Crippen LogP contribution is -2.53. The summed E-state index contributed by atoms with van der Waals surface area (Å²) in [5, 5.41) is 7.27. The van der Waals surface area contributed by atoms with Crippen molar-refractivity contribution in [3.63, 3.8) is 0 Å². The van der Waals surface area contributed by atoms with Crippen LogP contribution in [-0.2, 0) is 0 Å². The summed E-state index contributed by atoms with van der Waals surface area (Å²) in [6.45, 7) is 16.3. The van der Waals surface area contributed by atoms with E-state index in [4.69, 9.17) is 0 Å². The highest BCUT2D eigenvalue weighted by atomic mass is 15.2. The minimum Gasteiger partial charge on any atom is -0.388 e. The van der Waals surface area contributed by atoms with Gasteiger partial charge in [-0.2, -0.15) is 0 Å². The van der Waals surface area contributed by atoms with Gasteiger partial charge in [0, 0.05) is 61.9 Å². The molecular weight excluding hydrogens is 356 g/mol. The molecule has 2 rings (SSSR count). The molecule has 2 aliphatic rings. The predicted molar refractivity (Wildman–Crippen MR) is 126 cm³/mol. The maximum Gasteiger partial charge on any atom is 0.0577 e. The molecule has 29 heavy (non-hydrogen) atoms. The largest absolute Gasteiger partial charge is 0.388 e. The first-order valence-electron chi connectivity index (χ1n) is 11.3. The smallest absolute Gasteiger partial charge is 0.0577 e. The molecule has 0 radical (unpaired) electrons. The Morgan fingerprint density at radius 1 is 1.31 bits per heavy atom. The lowest BCUT2D eigenvalue weighted by Gasteiger charge is -2.41. The number of nitrogens with one attached hydrogen (secondary N) is 2. The summed E-state index contributed by atoms with van der Waals surface area (Å²) in [6, 6.07) is 0.374. The van der Waals surface area contributed by atoms with Crippen molar-refractivity contribution in [1.82, 2.24) is 20.4 Å². The monoisotopic (exact) mass is 398 g/mol. The van der Waals surface area contributed by atoms with Crippen molar-refractivity contribution in [2.45, 2.75) is 72.4 Å². The molecule has 0 saturated carbocycles. The van der Waals surface area contributed by atoms with E-state index in [9.17, 15) is 0 Å². The van der Waals surface area contributed by atoms with Crippen LogP contribution in [0.1, 0.15) is 60.8 Å². The third-order valence-electron chi connectivity index (χ3n) is 6.26. The van der Waals surface area contributed by atoms with Gasteiger partial charge in [-0.15, -0.1) is 0 Å². The van der Waals surface area contributed by atoms with E-state index in [1.807, 2.05) is 0 Å². The zero-order chi connectivity index (χ0) is 21.4. The topological polar surface area (TPSA) is 30.5 Å². The number of rotatable bonds is 7. The summed E-state index contributed by atoms with van der Waals surface area (Å²) in [5.74, 6) is 0. The fourth-order valence-corrected chi connectivity index (χ4v) is 4.18. The maximum atomic E-state index is 3.69. The highest BCUT2D eigenvalue weighted by Crippen LogP contribution is 2.29. The molecule has 0 bridgehead atoms. The molecule has 162 valence electrons. The molecule has 2 unspecified atom stereocenters. The van der Waals surface area contributed by atoms with Gasteiger partial charge in [0.1, 0.15) is 0 Å². The van der Waals surface area contributed by atoms with Crippen LogP contribution in [-0.4, -0.2) is 48.1 Å². The first-order valence-corrected chi connectivity index (χ1v) is 11.3. The molecule has 2 N–H and O–H groups in total. The van der Waals surface area contributed by atoms with Gasteiger partial charge in [-0.1, -0.05) is 31.2 Å². The third-order valence-corrected chi connectivity index (χ3v) is 6.26. The predicted octanol–water partition coefficient (Wildman–Crippen LogP) is 4.92. The van der Waals surface area contributed by atoms with E-state index in [1.54, 1.807) is 0 Å². The van der Waals surface area contributed by atoms with Crippen molar-refractivity contribution in [3.8, 4) is 0 Å². The van der Waals surface area contributed by atoms with Gasteiger partial charge in [0.15, 0.2) is 0 Å². The van der Waals surface area contributed by atoms with E-state index in [-0.39, 0.29) is 5.54 Å². The molecule has 0 amide bonds. The number of likely N-dealkylation sites (N-methyl/N-ethyl adjacent to an activating group) is 2. The van der Waals surface area contributed by atoms with Gasteiger partial charge in [-0.3, -0.25) is 0 Å². The lowest BCUT2D eigenvalue weighted by atomic mass is 9.90. The fourth-order valence-electron chi connectivity index (χ4n) is 4.18. The van der Waals surface area contributed by atoms with Crippen molar-refractivity contribution >= 4 is 0 Å². The van der Waals surface area contributed by atoms with E-state index >= 15 is 0 Å². The molecule has 2 heterocycles. The van der Waals surface area contributed by atoms with Gasteiger partial charge in [-0.05, 0) is 59.6 Å². The Labute approximate surface area is 179 Å². The van der Waals surface area contributed by atoms with Crippen LogP contribution in [0.15, 0.2) is 59.2 Å². The molecule has 0 aliphatic carbocycles. The number of hydrogen-bond acceptors (Lipinski definition) is 4. The number of hydrogen-bond donors (Lipinski definition) is 2. The Kier molecular flexibility index (Phi) is 8.48. The van der Waals surface area contributed by atoms with Crippen LogP contribution < -0.4 is 10.6 Å². The summed E-state index contributed by atoms with van der Waals surface area (Å²) in [7, 11) is 2.23. The summed E-state index contributed by atoms with van der Waals surface area (Å²) in [4.78, 5) is 4.87. The van der Waals surface area contributed by atoms with Gasteiger partial charge in [0.05, 0.1) is 5.54 Å². The molecule has 2 aliphatic heterocycles. The Balaban J connectivity index is 2.31. The van der Waals surface area contributed by atoms with Gasteiger partial charge < -0.3 is 20.4 Å². The van der Waals surface area contributed by atoms with Crippen LogP contribution in [0.2, 0.25) is 0 Å². The molecule has 0 aromatic rings. The van der Waals surface area contributed by atoms with E-state index in [0.29, 0.717) is 6.04 Å². The molecule has 4 heteroatoms. The molecule has 4 nitrogen and oxygen atoms in total. The number of allylic oxidation sites excluding steroid dienone is 5. The van der Waals surface area contributed by atoms with Gasteiger partial charge in [0.25, 0.3) is 0 Å². The van der Waals surface area contributed by atoms with Crippen LogP contribution in [0.4, 0.5) is 0 Å². The van der Waals surface area contributed by atoms with Crippen molar-refractivity contribution in [2.75, 3.05) is 26.7 Å². The quantitative estimate of drug-likeness (QED) is 0.637. The van der Waals surface area contributed by atoms with Gasteiger partial charge in [0.2, 0.25) is 0 Å². The standard InChI is InChI=1S/C25H42N4/c1-8-12-24-19-22(26-9-2)14-15-23(13-11-18-29(24)10-3)28(7)21(5)25(6)17-16-20(4)27-25/h11-13,15-16,19,21,26-27H,8-10,14,17-18H2,1-7H3/b13-11-,22-19+,23-15+,24-12-. The van der Waals surface area contributed by atoms with Crippen LogP contribution in [0.3, 0.4) is 0 Å². The summed E-state index contributed by atoms with van der Waals surface area (Å²) >= 11 is 0. The molecule has 2 atom stereocenters. The maximum absolute atomic E-state index is 3.69. The van der Waals surface area contributed by atoms with Crippen molar-refractivity contribution in [2.24, 2.45) is 0 Å². The van der Waals surface area contributed by atoms with Crippen LogP contribution in [0.5, 0.6) is 0 Å². The average Bonchev–Trinajstić information content (AvgIpc) is 3.06. The highest BCUT2D eigenvalue weighted by Gasteiger charge is 2.36. The van der Waals surface area contributed by atoms with E-state index < -0.39 is 0 Å². The Morgan fingerprint density at radius 2 is 2.07 bits per heavy atom. The van der Waals surface area contributed by atoms with Crippen LogP contribution >= 0.6 is 0 Å². The lowest BCUT2D eigenvalue weighted by molar-refractivity contribution is 0.200. The second kappa shape index (κ2) is 10.6. The molecule has 0 saturated heterocycles. The zero-order valence-electron chi connectivity index (χ0n) is 19.7. The Morgan fingerprint density at radius 3 is 2.66 bits per heavy atom. The van der Waals surface area contributed by atoms with E-state index in [1.165, 1.54) is 22.8 Å². The zero-order valence-corrected chi connectivity index (χ0v) is 19.7. The van der Waals surface area contributed by atoms with Crippen molar-refractivity contribution in [1.29, 1.82) is 0 Å². The van der Waals surface area contributed by atoms with Gasteiger partial charge in [-0.25, -0.2) is 0 Å². The van der Waals surface area contributed by atoms with Gasteiger partial charge >= 0.3 is 0 Å². The van der Waals surface area contributed by atoms with Crippen molar-refractivity contribution < 1.29 is 0 Å². The Bertz CT molecular complexity index is 698. The van der Waals surface area contributed by atoms with Crippen molar-refractivity contribution in [3.05, 3.63) is 59.2 Å². The molecule has 0 aromatic heterocycles. The molecule has 0 aromatic carbocycles. The molecule has 0 fully saturated rings. The molecular formula is C25H42N4. The summed E-state index contributed by atoms with van der Waals surface area (Å²) in [5.41, 5.74) is 5.23. The summed E-state index contributed by atoms with van der Waals surface area (Å²) < 4.78 is 0. The normalized spacial score (nSPS) is 29.8. The Hall–Kier alpha value is -2.10. The van der Waals surface area contributed by atoms with Crippen LogP contribution in [0.25, 0.3) is 0 Å². The minimum absolute atomic E-state index is 0.0651. The highest BCUT2D eigenvalue weighted by molar-refractivity contribution is 5.29. The second-order valence-electron chi connectivity index (χ2n) is 8.43. The SMILES string of the molecule is CC/C=C1/C=C(/NCC)C/C=C(N(C)C(C)C2(C)CC=C(C)N2)\C=C/CN1CC. The average molecular weight is 399 g/mol. The second-order valence-corrected chi connectivity index (χ2v) is 8.43.